The summed E-state index contributed by atoms with van der Waals surface area (Å²) in [7, 11) is 1.56. The van der Waals surface area contributed by atoms with E-state index < -0.39 is 23.8 Å². The van der Waals surface area contributed by atoms with Gasteiger partial charge >= 0.3 is 5.97 Å². The number of benzene rings is 1. The maximum Gasteiger partial charge on any atom is 0.306 e. The number of aliphatic carboxylic acids is 1. The van der Waals surface area contributed by atoms with E-state index in [0.717, 1.165) is 30.4 Å². The monoisotopic (exact) mass is 484 g/mol. The highest BCUT2D eigenvalue weighted by Gasteiger charge is 2.37. The molecule has 2 aromatic rings. The van der Waals surface area contributed by atoms with Crippen LogP contribution in [0.4, 0.5) is 0 Å². The number of carboxylic acid groups (broad SMARTS) is 1. The topological polar surface area (TPSA) is 125 Å². The number of rotatable bonds is 12. The van der Waals surface area contributed by atoms with Gasteiger partial charge in [0.05, 0.1) is 5.92 Å². The number of hydrogen-bond acceptors (Lipinski definition) is 6. The Balaban J connectivity index is 1.85. The average Bonchev–Trinajstić information content (AvgIpc) is 3.42. The molecule has 190 valence electrons. The van der Waals surface area contributed by atoms with Crippen molar-refractivity contribution in [2.24, 2.45) is 11.8 Å². The molecule has 0 spiro atoms. The van der Waals surface area contributed by atoms with Crippen molar-refractivity contribution in [1.82, 2.24) is 20.7 Å². The summed E-state index contributed by atoms with van der Waals surface area (Å²) in [5.74, 6) is -2.48. The molecule has 1 fully saturated rings. The lowest BCUT2D eigenvalue weighted by atomic mass is 9.85. The van der Waals surface area contributed by atoms with Crippen LogP contribution in [0.1, 0.15) is 57.4 Å². The second-order valence-corrected chi connectivity index (χ2v) is 9.07. The fraction of sp³-hybridized carbons (Fsp3) is 0.538. The van der Waals surface area contributed by atoms with Gasteiger partial charge in [-0.3, -0.25) is 19.4 Å². The molecular formula is C26H36N4O5. The molecule has 9 nitrogen and oxygen atoms in total. The van der Waals surface area contributed by atoms with Gasteiger partial charge in [0.2, 0.25) is 11.8 Å². The molecule has 1 aliphatic rings. The van der Waals surface area contributed by atoms with Crippen LogP contribution in [-0.4, -0.2) is 52.5 Å². The Hall–Kier alpha value is -3.20. The summed E-state index contributed by atoms with van der Waals surface area (Å²) in [6.45, 7) is 2.62. The summed E-state index contributed by atoms with van der Waals surface area (Å²) in [6.07, 6.45) is 7.78. The molecule has 1 aliphatic heterocycles. The summed E-state index contributed by atoms with van der Waals surface area (Å²) in [5, 5.41) is 13.9. The standard InChI is InChI=1S/C26H36N4O5/c1-3-4-8-20(26(33)34)15-19(25(32)30-23(24(31)27-2)11-7-14-29-30)13-12-18-9-5-6-10-21(18)22-16-35-17-28-22/h5-6,9-10,16-17,19-20,23,29H,3-4,7-8,11-15H2,1-2H3,(H,27,31)(H,33,34)/t19-,20+,23+/m1/s1. The summed E-state index contributed by atoms with van der Waals surface area (Å²) in [6, 6.07) is 7.20. The number of likely N-dealkylation sites (N-methyl/N-ethyl adjacent to an activating group) is 1. The van der Waals surface area contributed by atoms with Crippen LogP contribution in [-0.2, 0) is 20.8 Å². The van der Waals surface area contributed by atoms with Crippen molar-refractivity contribution >= 4 is 17.8 Å². The first-order valence-corrected chi connectivity index (χ1v) is 12.4. The number of hydrazine groups is 1. The summed E-state index contributed by atoms with van der Waals surface area (Å²) >= 11 is 0. The van der Waals surface area contributed by atoms with E-state index in [-0.39, 0.29) is 18.2 Å². The van der Waals surface area contributed by atoms with Gasteiger partial charge in [-0.2, -0.15) is 0 Å². The third-order valence-corrected chi connectivity index (χ3v) is 6.70. The Morgan fingerprint density at radius 1 is 1.26 bits per heavy atom. The lowest BCUT2D eigenvalue weighted by molar-refractivity contribution is -0.151. The zero-order valence-electron chi connectivity index (χ0n) is 20.5. The smallest absolute Gasteiger partial charge is 0.306 e. The van der Waals surface area contributed by atoms with E-state index in [1.165, 1.54) is 11.4 Å². The fourth-order valence-corrected chi connectivity index (χ4v) is 4.72. The van der Waals surface area contributed by atoms with Crippen LogP contribution >= 0.6 is 0 Å². The molecule has 1 saturated heterocycles. The normalized spacial score (nSPS) is 17.5. The van der Waals surface area contributed by atoms with E-state index in [1.807, 2.05) is 31.2 Å². The third kappa shape index (κ3) is 6.91. The van der Waals surface area contributed by atoms with Gasteiger partial charge in [0.25, 0.3) is 0 Å². The highest BCUT2D eigenvalue weighted by atomic mass is 16.4. The molecule has 3 N–H and O–H groups in total. The SMILES string of the molecule is CCCC[C@@H](C[C@@H](CCc1ccccc1-c1cocn1)C(=O)N1NCCC[C@H]1C(=O)NC)C(=O)O. The van der Waals surface area contributed by atoms with E-state index in [0.29, 0.717) is 37.9 Å². The second-order valence-electron chi connectivity index (χ2n) is 9.07. The maximum atomic E-state index is 13.8. The molecule has 35 heavy (non-hydrogen) atoms. The Morgan fingerprint density at radius 2 is 2.06 bits per heavy atom. The van der Waals surface area contributed by atoms with Crippen LogP contribution in [0.5, 0.6) is 0 Å². The quantitative estimate of drug-likeness (QED) is 0.422. The Bertz CT molecular complexity index is 978. The van der Waals surface area contributed by atoms with Crippen LogP contribution in [0.25, 0.3) is 11.3 Å². The number of carbonyl (C=O) groups is 3. The van der Waals surface area contributed by atoms with Gasteiger partial charge < -0.3 is 14.8 Å². The van der Waals surface area contributed by atoms with Crippen molar-refractivity contribution in [2.45, 2.75) is 64.3 Å². The molecule has 2 heterocycles. The Morgan fingerprint density at radius 3 is 2.74 bits per heavy atom. The molecule has 1 aromatic heterocycles. The van der Waals surface area contributed by atoms with E-state index in [4.69, 9.17) is 4.42 Å². The first kappa shape index (κ1) is 26.4. The van der Waals surface area contributed by atoms with Crippen LogP contribution in [0.15, 0.2) is 41.3 Å². The number of unbranched alkanes of at least 4 members (excludes halogenated alkanes) is 1. The van der Waals surface area contributed by atoms with Gasteiger partial charge in [-0.25, -0.2) is 10.4 Å². The lowest BCUT2D eigenvalue weighted by Gasteiger charge is -2.37. The molecule has 0 radical (unpaired) electrons. The van der Waals surface area contributed by atoms with Crippen molar-refractivity contribution in [1.29, 1.82) is 0 Å². The zero-order valence-corrected chi connectivity index (χ0v) is 20.5. The van der Waals surface area contributed by atoms with Crippen LogP contribution in [0, 0.1) is 11.8 Å². The minimum atomic E-state index is -0.881. The molecular weight excluding hydrogens is 448 g/mol. The van der Waals surface area contributed by atoms with Gasteiger partial charge in [0.1, 0.15) is 18.0 Å². The van der Waals surface area contributed by atoms with Crippen molar-refractivity contribution in [3.05, 3.63) is 42.5 Å². The van der Waals surface area contributed by atoms with Crippen molar-refractivity contribution in [3.8, 4) is 11.3 Å². The minimum Gasteiger partial charge on any atom is -0.481 e. The molecule has 2 amide bonds. The van der Waals surface area contributed by atoms with Crippen molar-refractivity contribution in [2.75, 3.05) is 13.6 Å². The molecule has 0 saturated carbocycles. The third-order valence-electron chi connectivity index (χ3n) is 6.70. The van der Waals surface area contributed by atoms with Gasteiger partial charge in [-0.1, -0.05) is 44.0 Å². The number of aromatic nitrogens is 1. The largest absolute Gasteiger partial charge is 0.481 e. The number of nitrogens with zero attached hydrogens (tertiary/aromatic N) is 2. The van der Waals surface area contributed by atoms with E-state index in [9.17, 15) is 19.5 Å². The summed E-state index contributed by atoms with van der Waals surface area (Å²) in [4.78, 5) is 42.5. The van der Waals surface area contributed by atoms with E-state index >= 15 is 0 Å². The average molecular weight is 485 g/mol. The molecule has 9 heteroatoms. The highest BCUT2D eigenvalue weighted by molar-refractivity contribution is 5.88. The van der Waals surface area contributed by atoms with Gasteiger partial charge in [-0.15, -0.1) is 0 Å². The molecule has 3 rings (SSSR count). The first-order chi connectivity index (χ1) is 17.0. The molecule has 0 bridgehead atoms. The number of nitrogens with one attached hydrogen (secondary N) is 2. The predicted molar refractivity (Wildman–Crippen MR) is 131 cm³/mol. The van der Waals surface area contributed by atoms with Crippen LogP contribution in [0.2, 0.25) is 0 Å². The number of hydrogen-bond donors (Lipinski definition) is 3. The Kier molecular flexibility index (Phi) is 9.84. The Labute approximate surface area is 206 Å². The fourth-order valence-electron chi connectivity index (χ4n) is 4.72. The first-order valence-electron chi connectivity index (χ1n) is 12.4. The molecule has 1 aromatic carbocycles. The van der Waals surface area contributed by atoms with Crippen molar-refractivity contribution in [3.63, 3.8) is 0 Å². The molecule has 3 atom stereocenters. The lowest BCUT2D eigenvalue weighted by Crippen LogP contribution is -2.59. The number of carbonyl (C=O) groups excluding carboxylic acids is 2. The van der Waals surface area contributed by atoms with E-state index in [2.05, 4.69) is 15.7 Å². The van der Waals surface area contributed by atoms with E-state index in [1.54, 1.807) is 13.3 Å². The van der Waals surface area contributed by atoms with Gasteiger partial charge in [0.15, 0.2) is 6.39 Å². The number of aryl methyl sites for hydroxylation is 1. The summed E-state index contributed by atoms with van der Waals surface area (Å²) < 4.78 is 5.15. The second kappa shape index (κ2) is 13.0. The van der Waals surface area contributed by atoms with Gasteiger partial charge in [0, 0.05) is 25.1 Å². The number of amides is 2. The predicted octanol–water partition coefficient (Wildman–Crippen LogP) is 3.41. The molecule has 0 unspecified atom stereocenters. The van der Waals surface area contributed by atoms with Crippen LogP contribution in [0.3, 0.4) is 0 Å². The summed E-state index contributed by atoms with van der Waals surface area (Å²) in [5.41, 5.74) is 5.74. The number of oxazole rings is 1. The molecule has 0 aliphatic carbocycles. The van der Waals surface area contributed by atoms with Crippen molar-refractivity contribution < 1.29 is 23.9 Å². The minimum absolute atomic E-state index is 0.221. The zero-order chi connectivity index (χ0) is 25.2. The van der Waals surface area contributed by atoms with Crippen LogP contribution < -0.4 is 10.7 Å². The van der Waals surface area contributed by atoms with Gasteiger partial charge in [-0.05, 0) is 44.1 Å². The highest BCUT2D eigenvalue weighted by Crippen LogP contribution is 2.29. The number of carboxylic acids is 1. The maximum absolute atomic E-state index is 13.8.